The lowest BCUT2D eigenvalue weighted by molar-refractivity contribution is 0.0769. The van der Waals surface area contributed by atoms with E-state index in [2.05, 4.69) is 5.32 Å². The van der Waals surface area contributed by atoms with E-state index < -0.39 is 0 Å². The van der Waals surface area contributed by atoms with Crippen LogP contribution in [0.2, 0.25) is 10.0 Å². The Kier molecular flexibility index (Phi) is 3.29. The molecule has 0 bridgehead atoms. The largest absolute Gasteiger partial charge is 0.378 e. The minimum Gasteiger partial charge on any atom is -0.378 e. The second-order valence-electron chi connectivity index (χ2n) is 3.25. The number of ether oxygens (including phenoxy) is 1. The summed E-state index contributed by atoms with van der Waals surface area (Å²) in [5, 5.41) is 4.77. The van der Waals surface area contributed by atoms with Gasteiger partial charge in [0.25, 0.3) is 0 Å². The van der Waals surface area contributed by atoms with E-state index in [0.29, 0.717) is 11.6 Å². The SMILES string of the molecule is Clc1ccc(Cl)c([C@H]2COCCN2)c1. The number of halogens is 2. The molecule has 0 aliphatic carbocycles. The molecular formula is C10H11Cl2NO. The van der Waals surface area contributed by atoms with E-state index in [1.54, 1.807) is 6.07 Å². The fourth-order valence-electron chi connectivity index (χ4n) is 1.55. The molecule has 1 aliphatic heterocycles. The Balaban J connectivity index is 2.24. The number of benzene rings is 1. The zero-order chi connectivity index (χ0) is 9.97. The normalized spacial score (nSPS) is 22.3. The molecule has 1 fully saturated rings. The van der Waals surface area contributed by atoms with Crippen LogP contribution in [0.5, 0.6) is 0 Å². The summed E-state index contributed by atoms with van der Waals surface area (Å²) in [6.45, 7) is 2.27. The van der Waals surface area contributed by atoms with Gasteiger partial charge in [0, 0.05) is 16.6 Å². The second-order valence-corrected chi connectivity index (χ2v) is 4.09. The highest BCUT2D eigenvalue weighted by molar-refractivity contribution is 6.33. The molecule has 1 N–H and O–H groups in total. The molecule has 1 aliphatic rings. The molecule has 76 valence electrons. The van der Waals surface area contributed by atoms with Crippen molar-refractivity contribution in [1.82, 2.24) is 5.32 Å². The van der Waals surface area contributed by atoms with Gasteiger partial charge in [-0.15, -0.1) is 0 Å². The summed E-state index contributed by atoms with van der Waals surface area (Å²) in [6.07, 6.45) is 0. The zero-order valence-electron chi connectivity index (χ0n) is 7.59. The third-order valence-electron chi connectivity index (χ3n) is 2.26. The van der Waals surface area contributed by atoms with Crippen LogP contribution < -0.4 is 5.32 Å². The third-order valence-corrected chi connectivity index (χ3v) is 2.83. The van der Waals surface area contributed by atoms with E-state index in [-0.39, 0.29) is 6.04 Å². The van der Waals surface area contributed by atoms with Crippen molar-refractivity contribution >= 4 is 23.2 Å². The Morgan fingerprint density at radius 3 is 2.93 bits per heavy atom. The van der Waals surface area contributed by atoms with Crippen molar-refractivity contribution < 1.29 is 4.74 Å². The van der Waals surface area contributed by atoms with Gasteiger partial charge in [-0.2, -0.15) is 0 Å². The average Bonchev–Trinajstić information content (AvgIpc) is 2.23. The van der Waals surface area contributed by atoms with Gasteiger partial charge in [-0.25, -0.2) is 0 Å². The van der Waals surface area contributed by atoms with Crippen LogP contribution in [-0.4, -0.2) is 19.8 Å². The maximum Gasteiger partial charge on any atom is 0.0662 e. The van der Waals surface area contributed by atoms with Crippen molar-refractivity contribution in [3.8, 4) is 0 Å². The molecule has 1 heterocycles. The summed E-state index contributed by atoms with van der Waals surface area (Å²) in [4.78, 5) is 0. The molecule has 1 atom stereocenters. The molecule has 0 aromatic heterocycles. The van der Waals surface area contributed by atoms with E-state index in [9.17, 15) is 0 Å². The fourth-order valence-corrected chi connectivity index (χ4v) is 1.98. The number of hydrogen-bond acceptors (Lipinski definition) is 2. The first-order chi connectivity index (χ1) is 6.77. The number of nitrogens with one attached hydrogen (secondary N) is 1. The molecule has 1 saturated heterocycles. The van der Waals surface area contributed by atoms with Crippen LogP contribution in [0.25, 0.3) is 0 Å². The van der Waals surface area contributed by atoms with Crippen LogP contribution in [0.1, 0.15) is 11.6 Å². The van der Waals surface area contributed by atoms with Gasteiger partial charge in [-0.1, -0.05) is 23.2 Å². The van der Waals surface area contributed by atoms with Gasteiger partial charge in [0.05, 0.1) is 19.3 Å². The van der Waals surface area contributed by atoms with Crippen molar-refractivity contribution in [2.45, 2.75) is 6.04 Å². The smallest absolute Gasteiger partial charge is 0.0662 e. The lowest BCUT2D eigenvalue weighted by Crippen LogP contribution is -2.34. The van der Waals surface area contributed by atoms with E-state index in [0.717, 1.165) is 23.7 Å². The van der Waals surface area contributed by atoms with Gasteiger partial charge in [0.1, 0.15) is 0 Å². The predicted octanol–water partition coefficient (Wildman–Crippen LogP) is 2.65. The van der Waals surface area contributed by atoms with Crippen LogP contribution >= 0.6 is 23.2 Å². The Morgan fingerprint density at radius 1 is 1.36 bits per heavy atom. The first-order valence-electron chi connectivity index (χ1n) is 4.53. The minimum atomic E-state index is 0.162. The van der Waals surface area contributed by atoms with E-state index in [4.69, 9.17) is 27.9 Å². The van der Waals surface area contributed by atoms with Gasteiger partial charge >= 0.3 is 0 Å². The minimum absolute atomic E-state index is 0.162. The van der Waals surface area contributed by atoms with Crippen LogP contribution in [0.15, 0.2) is 18.2 Å². The first-order valence-corrected chi connectivity index (χ1v) is 5.29. The standard InChI is InChI=1S/C10H11Cl2NO/c11-7-1-2-9(12)8(5-7)10-6-14-4-3-13-10/h1-2,5,10,13H,3-4,6H2/t10-/m1/s1. The maximum absolute atomic E-state index is 6.08. The van der Waals surface area contributed by atoms with E-state index >= 15 is 0 Å². The third kappa shape index (κ3) is 2.20. The lowest BCUT2D eigenvalue weighted by Gasteiger charge is -2.25. The van der Waals surface area contributed by atoms with Crippen molar-refractivity contribution in [2.75, 3.05) is 19.8 Å². The fraction of sp³-hybridized carbons (Fsp3) is 0.400. The lowest BCUT2D eigenvalue weighted by atomic mass is 10.1. The summed E-state index contributed by atoms with van der Waals surface area (Å²) in [6, 6.07) is 5.65. The molecule has 2 rings (SSSR count). The van der Waals surface area contributed by atoms with Crippen molar-refractivity contribution in [1.29, 1.82) is 0 Å². The molecule has 14 heavy (non-hydrogen) atoms. The van der Waals surface area contributed by atoms with Crippen LogP contribution in [0, 0.1) is 0 Å². The predicted molar refractivity (Wildman–Crippen MR) is 58.0 cm³/mol. The molecule has 0 unspecified atom stereocenters. The van der Waals surface area contributed by atoms with Crippen molar-refractivity contribution in [3.05, 3.63) is 33.8 Å². The topological polar surface area (TPSA) is 21.3 Å². The molecule has 1 aromatic rings. The van der Waals surface area contributed by atoms with E-state index in [1.165, 1.54) is 0 Å². The van der Waals surface area contributed by atoms with Gasteiger partial charge < -0.3 is 10.1 Å². The average molecular weight is 232 g/mol. The summed E-state index contributed by atoms with van der Waals surface area (Å²) in [7, 11) is 0. The van der Waals surface area contributed by atoms with Gasteiger partial charge in [-0.05, 0) is 23.8 Å². The summed E-state index contributed by atoms with van der Waals surface area (Å²) >= 11 is 12.0. The van der Waals surface area contributed by atoms with Crippen LogP contribution in [0.3, 0.4) is 0 Å². The van der Waals surface area contributed by atoms with Crippen molar-refractivity contribution in [3.63, 3.8) is 0 Å². The molecule has 0 amide bonds. The van der Waals surface area contributed by atoms with E-state index in [1.807, 2.05) is 12.1 Å². The first kappa shape index (κ1) is 10.2. The molecule has 0 saturated carbocycles. The number of rotatable bonds is 1. The molecule has 0 radical (unpaired) electrons. The molecule has 2 nitrogen and oxygen atoms in total. The van der Waals surface area contributed by atoms with Gasteiger partial charge in [0.15, 0.2) is 0 Å². The highest BCUT2D eigenvalue weighted by Gasteiger charge is 2.17. The quantitative estimate of drug-likeness (QED) is 0.803. The summed E-state index contributed by atoms with van der Waals surface area (Å²) in [5.41, 5.74) is 1.01. The molecule has 4 heteroatoms. The van der Waals surface area contributed by atoms with Crippen LogP contribution in [-0.2, 0) is 4.74 Å². The second kappa shape index (κ2) is 4.49. The number of morpholine rings is 1. The summed E-state index contributed by atoms with van der Waals surface area (Å²) in [5.74, 6) is 0. The van der Waals surface area contributed by atoms with Crippen LogP contribution in [0.4, 0.5) is 0 Å². The van der Waals surface area contributed by atoms with Gasteiger partial charge in [0.2, 0.25) is 0 Å². The molecule has 1 aromatic carbocycles. The highest BCUT2D eigenvalue weighted by atomic mass is 35.5. The monoisotopic (exact) mass is 231 g/mol. The highest BCUT2D eigenvalue weighted by Crippen LogP contribution is 2.27. The Bertz CT molecular complexity index is 324. The molecule has 0 spiro atoms. The Labute approximate surface area is 93.2 Å². The maximum atomic E-state index is 6.08. The van der Waals surface area contributed by atoms with Crippen molar-refractivity contribution in [2.24, 2.45) is 0 Å². The Morgan fingerprint density at radius 2 is 2.21 bits per heavy atom. The zero-order valence-corrected chi connectivity index (χ0v) is 9.11. The summed E-state index contributed by atoms with van der Waals surface area (Å²) < 4.78 is 5.37. The Hall–Kier alpha value is -0.280. The molecular weight excluding hydrogens is 221 g/mol. The van der Waals surface area contributed by atoms with Gasteiger partial charge in [-0.3, -0.25) is 0 Å². The number of hydrogen-bond donors (Lipinski definition) is 1.